The first-order chi connectivity index (χ1) is 7.53. The maximum Gasteiger partial charge on any atom is 0.416 e. The van der Waals surface area contributed by atoms with Crippen LogP contribution in [0.15, 0.2) is 18.2 Å². The summed E-state index contributed by atoms with van der Waals surface area (Å²) in [6.45, 7) is 0. The summed E-state index contributed by atoms with van der Waals surface area (Å²) in [4.78, 5) is 0. The number of phenols is 1. The Morgan fingerprint density at radius 2 is 1.56 bits per heavy atom. The normalized spacial score (nSPS) is 13.9. The number of aromatic hydroxyl groups is 1. The summed E-state index contributed by atoms with van der Waals surface area (Å²) in [7, 11) is 0. The molecule has 0 amide bonds. The molecule has 0 unspecified atom stereocenters. The molecule has 0 heterocycles. The molecule has 0 saturated heterocycles. The molecule has 2 nitrogen and oxygen atoms in total. The molecule has 0 saturated carbocycles. The second-order valence-corrected chi connectivity index (χ2v) is 3.29. The van der Waals surface area contributed by atoms with Gasteiger partial charge in [-0.25, -0.2) is 0 Å². The van der Waals surface area contributed by atoms with Crippen molar-refractivity contribution in [3.05, 3.63) is 29.3 Å². The van der Waals surface area contributed by atoms with Crippen molar-refractivity contribution in [2.24, 2.45) is 5.73 Å². The fourth-order valence-electron chi connectivity index (χ4n) is 1.16. The van der Waals surface area contributed by atoms with E-state index in [4.69, 9.17) is 10.8 Å². The van der Waals surface area contributed by atoms with Gasteiger partial charge in [0.25, 0.3) is 0 Å². The molecule has 1 aromatic rings. The van der Waals surface area contributed by atoms with Gasteiger partial charge in [0.2, 0.25) is 0 Å². The van der Waals surface area contributed by atoms with E-state index < -0.39 is 35.3 Å². The molecule has 0 radical (unpaired) electrons. The number of hydrogen-bond donors (Lipinski definition) is 2. The van der Waals surface area contributed by atoms with Crippen molar-refractivity contribution in [2.45, 2.75) is 18.4 Å². The van der Waals surface area contributed by atoms with E-state index in [1.807, 2.05) is 0 Å². The highest BCUT2D eigenvalue weighted by Crippen LogP contribution is 2.38. The lowest BCUT2D eigenvalue weighted by molar-refractivity contribution is -0.150. The topological polar surface area (TPSA) is 46.2 Å². The van der Waals surface area contributed by atoms with Gasteiger partial charge in [-0.1, -0.05) is 0 Å². The summed E-state index contributed by atoms with van der Waals surface area (Å²) in [5.41, 5.74) is 2.42. The molecule has 0 bridgehead atoms. The van der Waals surface area contributed by atoms with Crippen LogP contribution in [0.3, 0.4) is 0 Å². The predicted molar refractivity (Wildman–Crippen MR) is 53.3 cm³/mol. The molecular formula is C9H8ClF6NO. The van der Waals surface area contributed by atoms with Crippen LogP contribution in [0.5, 0.6) is 5.75 Å². The molecule has 18 heavy (non-hydrogen) atoms. The molecule has 9 heteroatoms. The molecule has 0 aromatic heterocycles. The third-order valence-corrected chi connectivity index (χ3v) is 2.04. The number of nitrogens with two attached hydrogens (primary N) is 1. The zero-order chi connectivity index (χ0) is 13.4. The Kier molecular flexibility index (Phi) is 4.90. The van der Waals surface area contributed by atoms with E-state index in [1.165, 1.54) is 0 Å². The second-order valence-electron chi connectivity index (χ2n) is 3.29. The summed E-state index contributed by atoms with van der Waals surface area (Å²) >= 11 is 0. The lowest BCUT2D eigenvalue weighted by atomic mass is 10.0. The van der Waals surface area contributed by atoms with Crippen molar-refractivity contribution >= 4 is 12.4 Å². The number of alkyl halides is 6. The second kappa shape index (κ2) is 5.23. The molecular weight excluding hydrogens is 288 g/mol. The van der Waals surface area contributed by atoms with E-state index in [0.717, 1.165) is 0 Å². The fourth-order valence-corrected chi connectivity index (χ4v) is 1.16. The number of rotatable bonds is 1. The van der Waals surface area contributed by atoms with E-state index in [0.29, 0.717) is 12.1 Å². The Labute approximate surface area is 104 Å². The van der Waals surface area contributed by atoms with Crippen LogP contribution in [0.2, 0.25) is 0 Å². The van der Waals surface area contributed by atoms with Crippen LogP contribution in [0.4, 0.5) is 26.3 Å². The predicted octanol–water partition coefficient (Wildman–Crippen LogP) is 3.39. The smallest absolute Gasteiger partial charge is 0.416 e. The van der Waals surface area contributed by atoms with E-state index in [2.05, 4.69) is 0 Å². The van der Waals surface area contributed by atoms with Crippen LogP contribution >= 0.6 is 12.4 Å². The molecule has 0 aliphatic heterocycles. The Bertz CT molecular complexity index is 416. The summed E-state index contributed by atoms with van der Waals surface area (Å²) < 4.78 is 73.4. The molecule has 104 valence electrons. The lowest BCUT2D eigenvalue weighted by Gasteiger charge is -2.18. The van der Waals surface area contributed by atoms with Gasteiger partial charge in [-0.3, -0.25) is 0 Å². The van der Waals surface area contributed by atoms with Gasteiger partial charge < -0.3 is 10.8 Å². The van der Waals surface area contributed by atoms with Crippen molar-refractivity contribution in [2.75, 3.05) is 0 Å². The quantitative estimate of drug-likeness (QED) is 0.780. The largest absolute Gasteiger partial charge is 0.508 e. The Morgan fingerprint density at radius 1 is 1.06 bits per heavy atom. The van der Waals surface area contributed by atoms with Gasteiger partial charge in [-0.05, 0) is 18.2 Å². The van der Waals surface area contributed by atoms with Gasteiger partial charge in [0.1, 0.15) is 11.8 Å². The van der Waals surface area contributed by atoms with Crippen molar-refractivity contribution < 1.29 is 31.4 Å². The summed E-state index contributed by atoms with van der Waals surface area (Å²) in [5.74, 6) is -0.928. The molecule has 0 spiro atoms. The molecule has 1 rings (SSSR count). The molecule has 1 aromatic carbocycles. The maximum absolute atomic E-state index is 12.3. The van der Waals surface area contributed by atoms with Gasteiger partial charge in [-0.2, -0.15) is 26.3 Å². The van der Waals surface area contributed by atoms with E-state index in [9.17, 15) is 26.3 Å². The van der Waals surface area contributed by atoms with E-state index in [-0.39, 0.29) is 18.5 Å². The molecule has 1 atom stereocenters. The van der Waals surface area contributed by atoms with Crippen LogP contribution in [-0.2, 0) is 6.18 Å². The third kappa shape index (κ3) is 3.67. The summed E-state index contributed by atoms with van der Waals surface area (Å²) in [6.07, 6.45) is -9.73. The van der Waals surface area contributed by atoms with Gasteiger partial charge >= 0.3 is 12.4 Å². The minimum Gasteiger partial charge on any atom is -0.508 e. The molecule has 0 aliphatic rings. The molecule has 0 aliphatic carbocycles. The monoisotopic (exact) mass is 295 g/mol. The zero-order valence-electron chi connectivity index (χ0n) is 8.51. The first kappa shape index (κ1) is 16.9. The van der Waals surface area contributed by atoms with Crippen molar-refractivity contribution in [1.82, 2.24) is 0 Å². The van der Waals surface area contributed by atoms with E-state index in [1.54, 1.807) is 0 Å². The number of phenolic OH excluding ortho intramolecular Hbond substituents is 1. The Balaban J connectivity index is 0.00000289. The summed E-state index contributed by atoms with van der Waals surface area (Å²) in [5, 5.41) is 9.09. The highest BCUT2D eigenvalue weighted by molar-refractivity contribution is 5.85. The highest BCUT2D eigenvalue weighted by Gasteiger charge is 2.40. The number of hydrogen-bond acceptors (Lipinski definition) is 2. The van der Waals surface area contributed by atoms with E-state index >= 15 is 0 Å². The third-order valence-electron chi connectivity index (χ3n) is 2.04. The van der Waals surface area contributed by atoms with Crippen molar-refractivity contribution in [3.63, 3.8) is 0 Å². The average Bonchev–Trinajstić information content (AvgIpc) is 2.14. The minimum atomic E-state index is -4.93. The molecule has 3 N–H and O–H groups in total. The van der Waals surface area contributed by atoms with Gasteiger partial charge in [-0.15, -0.1) is 12.4 Å². The number of benzene rings is 1. The summed E-state index contributed by atoms with van der Waals surface area (Å²) in [6, 6.07) is -1.47. The van der Waals surface area contributed by atoms with Crippen LogP contribution in [-0.4, -0.2) is 11.3 Å². The zero-order valence-corrected chi connectivity index (χ0v) is 9.33. The SMILES string of the molecule is Cl.N[C@@H](c1cc(C(F)(F)F)ccc1O)C(F)(F)F. The van der Waals surface area contributed by atoms with Gasteiger partial charge in [0, 0.05) is 5.56 Å². The van der Waals surface area contributed by atoms with Gasteiger partial charge in [0.05, 0.1) is 5.56 Å². The number of halogens is 7. The average molecular weight is 296 g/mol. The van der Waals surface area contributed by atoms with Crippen molar-refractivity contribution in [3.8, 4) is 5.75 Å². The highest BCUT2D eigenvalue weighted by atomic mass is 35.5. The molecule has 0 fully saturated rings. The fraction of sp³-hybridized carbons (Fsp3) is 0.333. The first-order valence-corrected chi connectivity index (χ1v) is 4.26. The minimum absolute atomic E-state index is 0. The van der Waals surface area contributed by atoms with Crippen LogP contribution in [0, 0.1) is 0 Å². The van der Waals surface area contributed by atoms with Gasteiger partial charge in [0.15, 0.2) is 0 Å². The first-order valence-electron chi connectivity index (χ1n) is 4.26. The Morgan fingerprint density at radius 3 is 1.94 bits per heavy atom. The lowest BCUT2D eigenvalue weighted by Crippen LogP contribution is -2.28. The van der Waals surface area contributed by atoms with Crippen molar-refractivity contribution in [1.29, 1.82) is 0 Å². The van der Waals surface area contributed by atoms with Crippen LogP contribution in [0.1, 0.15) is 17.2 Å². The van der Waals surface area contributed by atoms with Crippen LogP contribution < -0.4 is 5.73 Å². The standard InChI is InChI=1S/C9H7F6NO.ClH/c10-8(11,12)4-1-2-6(17)5(3-4)7(16)9(13,14)15;/h1-3,7,17H,16H2;1H/t7-;/m0./s1. The van der Waals surface area contributed by atoms with Crippen LogP contribution in [0.25, 0.3) is 0 Å². The maximum atomic E-state index is 12.3. The Hall–Kier alpha value is -1.15.